The predicted molar refractivity (Wildman–Crippen MR) is 91.2 cm³/mol. The molecule has 0 spiro atoms. The minimum Gasteiger partial charge on any atom is -0.444 e. The van der Waals surface area contributed by atoms with Gasteiger partial charge in [0.2, 0.25) is 5.69 Å². The molecule has 1 saturated carbocycles. The third-order valence-electron chi connectivity index (χ3n) is 3.44. The summed E-state index contributed by atoms with van der Waals surface area (Å²) < 4.78 is 10.6. The van der Waals surface area contributed by atoms with Gasteiger partial charge in [0.15, 0.2) is 0 Å². The van der Waals surface area contributed by atoms with Crippen LogP contribution in [0.4, 0.5) is 4.79 Å². The van der Waals surface area contributed by atoms with Crippen molar-refractivity contribution >= 4 is 35.8 Å². The Bertz CT molecular complexity index is 407. The van der Waals surface area contributed by atoms with E-state index in [1.165, 1.54) is 0 Å². The van der Waals surface area contributed by atoms with E-state index in [4.69, 9.17) is 21.1 Å². The van der Waals surface area contributed by atoms with Gasteiger partial charge in [-0.25, -0.2) is 4.79 Å². The average molecular weight is 355 g/mol. The summed E-state index contributed by atoms with van der Waals surface area (Å²) in [7, 11) is 0. The number of hydrogen-bond donors (Lipinski definition) is 2. The molecular weight excluding hydrogens is 329 g/mol. The second-order valence-electron chi connectivity index (χ2n) is 6.47. The maximum Gasteiger partial charge on any atom is 0.410 e. The fourth-order valence-corrected chi connectivity index (χ4v) is 3.35. The van der Waals surface area contributed by atoms with Crippen LogP contribution in [0.15, 0.2) is 0 Å². The minimum absolute atomic E-state index is 0.153. The summed E-state index contributed by atoms with van der Waals surface area (Å²) >= 11 is 8.55. The van der Waals surface area contributed by atoms with Crippen LogP contribution in [0.1, 0.15) is 47.0 Å². The molecule has 0 heterocycles. The standard InChI is InChI=1S/C13H26NO4PS2/c1-10-6-5-7-11(10)14(8-9-17-19(16,20)21)12(15)18-13(2,3)4/h10-11H,5-9H2,1-4H3,(H2,16,20,21)/t10-,11-/m1/s1. The maximum atomic E-state index is 12.4. The first-order valence-electron chi connectivity index (χ1n) is 7.19. The predicted octanol–water partition coefficient (Wildman–Crippen LogP) is 3.58. The van der Waals surface area contributed by atoms with E-state index in [0.29, 0.717) is 12.5 Å². The van der Waals surface area contributed by atoms with E-state index in [-0.39, 0.29) is 18.7 Å². The van der Waals surface area contributed by atoms with E-state index >= 15 is 0 Å². The monoisotopic (exact) mass is 355 g/mol. The van der Waals surface area contributed by atoms with Gasteiger partial charge in [0.05, 0.1) is 6.61 Å². The summed E-state index contributed by atoms with van der Waals surface area (Å²) in [5.74, 6) is 0.436. The zero-order valence-corrected chi connectivity index (χ0v) is 15.7. The van der Waals surface area contributed by atoms with Crippen molar-refractivity contribution < 1.29 is 18.9 Å². The SMILES string of the molecule is C[C@@H]1CCC[C@H]1N(CCOP(O)(=S)S)C(=O)OC(C)(C)C. The third kappa shape index (κ3) is 7.33. The fraction of sp³-hybridized carbons (Fsp3) is 0.923. The summed E-state index contributed by atoms with van der Waals surface area (Å²) in [6.45, 7) is 8.20. The number of carbonyl (C=O) groups is 1. The van der Waals surface area contributed by atoms with Crippen molar-refractivity contribution in [2.24, 2.45) is 5.92 Å². The van der Waals surface area contributed by atoms with Crippen LogP contribution in [-0.4, -0.2) is 40.7 Å². The molecule has 1 unspecified atom stereocenters. The number of ether oxygens (including phenoxy) is 1. The van der Waals surface area contributed by atoms with Crippen LogP contribution in [-0.2, 0) is 21.1 Å². The van der Waals surface area contributed by atoms with E-state index in [0.717, 1.165) is 19.3 Å². The van der Waals surface area contributed by atoms with Gasteiger partial charge in [-0.3, -0.25) is 0 Å². The van der Waals surface area contributed by atoms with Gasteiger partial charge in [-0.1, -0.05) is 25.6 Å². The smallest absolute Gasteiger partial charge is 0.410 e. The molecule has 8 heteroatoms. The first-order valence-corrected chi connectivity index (χ1v) is 11.0. The van der Waals surface area contributed by atoms with Gasteiger partial charge in [-0.2, -0.15) is 0 Å². The van der Waals surface area contributed by atoms with Crippen LogP contribution < -0.4 is 0 Å². The molecule has 1 fully saturated rings. The number of hydrogen-bond acceptors (Lipinski definition) is 4. The number of amides is 1. The highest BCUT2D eigenvalue weighted by molar-refractivity contribution is 8.59. The van der Waals surface area contributed by atoms with Crippen molar-refractivity contribution in [1.82, 2.24) is 4.90 Å². The fourth-order valence-electron chi connectivity index (χ4n) is 2.56. The van der Waals surface area contributed by atoms with E-state index in [1.807, 2.05) is 20.8 Å². The van der Waals surface area contributed by atoms with Crippen LogP contribution in [0.5, 0.6) is 0 Å². The van der Waals surface area contributed by atoms with Gasteiger partial charge in [0, 0.05) is 12.6 Å². The first kappa shape index (κ1) is 19.2. The lowest BCUT2D eigenvalue weighted by Gasteiger charge is -2.33. The Balaban J connectivity index is 2.70. The Morgan fingerprint density at radius 2 is 2.10 bits per heavy atom. The third-order valence-corrected chi connectivity index (χ3v) is 4.62. The van der Waals surface area contributed by atoms with Crippen molar-refractivity contribution in [2.75, 3.05) is 13.2 Å². The average Bonchev–Trinajstić information content (AvgIpc) is 2.66. The van der Waals surface area contributed by atoms with Crippen LogP contribution in [0.25, 0.3) is 0 Å². The lowest BCUT2D eigenvalue weighted by atomic mass is 10.1. The molecule has 1 aliphatic carbocycles. The second-order valence-corrected chi connectivity index (χ2v) is 11.6. The van der Waals surface area contributed by atoms with Crippen molar-refractivity contribution in [3.05, 3.63) is 0 Å². The molecular formula is C13H26NO4PS2. The molecule has 1 amide bonds. The van der Waals surface area contributed by atoms with E-state index in [9.17, 15) is 9.69 Å². The van der Waals surface area contributed by atoms with Crippen molar-refractivity contribution in [1.29, 1.82) is 0 Å². The van der Waals surface area contributed by atoms with Crippen LogP contribution in [0.2, 0.25) is 0 Å². The molecule has 0 bridgehead atoms. The van der Waals surface area contributed by atoms with E-state index in [1.54, 1.807) is 4.90 Å². The van der Waals surface area contributed by atoms with Crippen LogP contribution >= 0.6 is 17.9 Å². The summed E-state index contributed by atoms with van der Waals surface area (Å²) in [4.78, 5) is 23.5. The molecule has 0 aromatic carbocycles. The van der Waals surface area contributed by atoms with E-state index in [2.05, 4.69) is 19.2 Å². The minimum atomic E-state index is -2.99. The molecule has 5 nitrogen and oxygen atoms in total. The summed E-state index contributed by atoms with van der Waals surface area (Å²) in [6, 6.07) is 0.153. The number of thiol groups is 1. The van der Waals surface area contributed by atoms with Gasteiger partial charge in [0.25, 0.3) is 0 Å². The summed E-state index contributed by atoms with van der Waals surface area (Å²) in [5.41, 5.74) is -3.53. The Labute approximate surface area is 137 Å². The van der Waals surface area contributed by atoms with E-state index < -0.39 is 11.3 Å². The highest BCUT2D eigenvalue weighted by Crippen LogP contribution is 2.47. The topological polar surface area (TPSA) is 59.0 Å². The number of rotatable bonds is 5. The van der Waals surface area contributed by atoms with Gasteiger partial charge >= 0.3 is 6.09 Å². The Kier molecular flexibility index (Phi) is 7.00. The largest absolute Gasteiger partial charge is 0.444 e. The highest BCUT2D eigenvalue weighted by Gasteiger charge is 2.34. The molecule has 0 aromatic heterocycles. The molecule has 1 N–H and O–H groups in total. The molecule has 124 valence electrons. The normalized spacial score (nSPS) is 25.4. The Morgan fingerprint density at radius 1 is 1.48 bits per heavy atom. The number of nitrogens with zero attached hydrogens (tertiary/aromatic N) is 1. The van der Waals surface area contributed by atoms with Crippen LogP contribution in [0, 0.1) is 5.92 Å². The zero-order valence-electron chi connectivity index (χ0n) is 13.1. The molecule has 21 heavy (non-hydrogen) atoms. The maximum absolute atomic E-state index is 12.4. The number of carbonyl (C=O) groups excluding carboxylic acids is 1. The van der Waals surface area contributed by atoms with Gasteiger partial charge in [-0.05, 0) is 51.3 Å². The van der Waals surface area contributed by atoms with Gasteiger partial charge in [0.1, 0.15) is 5.60 Å². The lowest BCUT2D eigenvalue weighted by Crippen LogP contribution is -2.46. The molecule has 3 atom stereocenters. The zero-order chi connectivity index (χ0) is 16.3. The highest BCUT2D eigenvalue weighted by atomic mass is 32.9. The van der Waals surface area contributed by atoms with Gasteiger partial charge < -0.3 is 19.1 Å². The first-order chi connectivity index (χ1) is 9.49. The Morgan fingerprint density at radius 3 is 2.52 bits per heavy atom. The summed E-state index contributed by atoms with van der Waals surface area (Å²) in [6.07, 6.45) is 2.84. The van der Waals surface area contributed by atoms with Crippen molar-refractivity contribution in [2.45, 2.75) is 58.6 Å². The summed E-state index contributed by atoms with van der Waals surface area (Å²) in [5, 5.41) is 0. The van der Waals surface area contributed by atoms with Gasteiger partial charge in [-0.15, -0.1) is 0 Å². The molecule has 0 aromatic rings. The lowest BCUT2D eigenvalue weighted by molar-refractivity contribution is 0.00984. The molecule has 0 aliphatic heterocycles. The molecule has 0 saturated heterocycles. The molecule has 1 rings (SSSR count). The second kappa shape index (κ2) is 7.64. The van der Waals surface area contributed by atoms with Crippen molar-refractivity contribution in [3.8, 4) is 0 Å². The van der Waals surface area contributed by atoms with Crippen molar-refractivity contribution in [3.63, 3.8) is 0 Å². The Hall–Kier alpha value is 0.190. The quantitative estimate of drug-likeness (QED) is 0.583. The molecule has 0 radical (unpaired) electrons. The molecule has 1 aliphatic rings. The van der Waals surface area contributed by atoms with Crippen LogP contribution in [0.3, 0.4) is 0 Å².